The highest BCUT2D eigenvalue weighted by molar-refractivity contribution is 7.85. The minimum absolute atomic E-state index is 0.150. The topological polar surface area (TPSA) is 80.2 Å². The summed E-state index contributed by atoms with van der Waals surface area (Å²) >= 11 is 10.6. The van der Waals surface area contributed by atoms with Crippen LogP contribution in [0.25, 0.3) is 0 Å². The van der Waals surface area contributed by atoms with Gasteiger partial charge in [-0.3, -0.25) is 4.55 Å². The van der Waals surface area contributed by atoms with Crippen LogP contribution in [0, 0.1) is 0 Å². The number of hydrogen-bond acceptors (Lipinski definition) is 4. The van der Waals surface area contributed by atoms with Crippen LogP contribution in [0.3, 0.4) is 0 Å². The van der Waals surface area contributed by atoms with E-state index in [4.69, 9.17) is 27.8 Å². The van der Waals surface area contributed by atoms with Gasteiger partial charge in [0.25, 0.3) is 0 Å². The van der Waals surface area contributed by atoms with Crippen LogP contribution >= 0.6 is 23.2 Å². The fourth-order valence-corrected chi connectivity index (χ4v) is 1.49. The third kappa shape index (κ3) is 2.28. The van der Waals surface area contributed by atoms with Crippen LogP contribution in [0.4, 0.5) is 0 Å². The molecular weight excluding hydrogens is 227 g/mol. The lowest BCUT2D eigenvalue weighted by molar-refractivity contribution is 0.479. The van der Waals surface area contributed by atoms with E-state index in [-0.39, 0.29) is 10.4 Å². The van der Waals surface area contributed by atoms with Gasteiger partial charge in [-0.05, 0) is 11.6 Å². The standard InChI is InChI=1S/C4H2Cl2N2O3S/c5-2-1-3(12(9,10)11)8-4(6)7-2/h1H,(H,9,10,11). The second kappa shape index (κ2) is 3.14. The van der Waals surface area contributed by atoms with Gasteiger partial charge in [-0.2, -0.15) is 8.42 Å². The third-order valence-electron chi connectivity index (χ3n) is 0.908. The summed E-state index contributed by atoms with van der Waals surface area (Å²) in [6.07, 6.45) is 0. The molecule has 0 aliphatic carbocycles. The largest absolute Gasteiger partial charge is 0.312 e. The quantitative estimate of drug-likeness (QED) is 0.442. The molecule has 0 aromatic carbocycles. The third-order valence-corrected chi connectivity index (χ3v) is 2.01. The van der Waals surface area contributed by atoms with Crippen molar-refractivity contribution in [3.63, 3.8) is 0 Å². The highest BCUT2D eigenvalue weighted by Gasteiger charge is 2.13. The molecule has 0 saturated carbocycles. The second-order valence-corrected chi connectivity index (χ2v) is 3.87. The van der Waals surface area contributed by atoms with Crippen molar-refractivity contribution in [2.75, 3.05) is 0 Å². The minimum Gasteiger partial charge on any atom is -0.281 e. The molecule has 0 spiro atoms. The van der Waals surface area contributed by atoms with Gasteiger partial charge < -0.3 is 0 Å². The molecule has 8 heteroatoms. The van der Waals surface area contributed by atoms with Gasteiger partial charge in [0.1, 0.15) is 5.15 Å². The van der Waals surface area contributed by atoms with Crippen LogP contribution in [-0.4, -0.2) is 22.9 Å². The Morgan fingerprint density at radius 1 is 1.33 bits per heavy atom. The molecule has 1 rings (SSSR count). The van der Waals surface area contributed by atoms with E-state index < -0.39 is 15.1 Å². The van der Waals surface area contributed by atoms with Crippen molar-refractivity contribution < 1.29 is 13.0 Å². The van der Waals surface area contributed by atoms with E-state index >= 15 is 0 Å². The lowest BCUT2D eigenvalue weighted by Gasteiger charge is -1.96. The first-order valence-corrected chi connectivity index (χ1v) is 4.77. The van der Waals surface area contributed by atoms with Crippen molar-refractivity contribution in [2.24, 2.45) is 0 Å². The van der Waals surface area contributed by atoms with Crippen molar-refractivity contribution in [1.82, 2.24) is 9.97 Å². The van der Waals surface area contributed by atoms with Crippen molar-refractivity contribution in [2.45, 2.75) is 5.03 Å². The van der Waals surface area contributed by atoms with Crippen LogP contribution < -0.4 is 0 Å². The molecule has 1 N–H and O–H groups in total. The van der Waals surface area contributed by atoms with Crippen LogP contribution in [-0.2, 0) is 10.1 Å². The smallest absolute Gasteiger partial charge is 0.281 e. The Morgan fingerprint density at radius 2 is 1.92 bits per heavy atom. The van der Waals surface area contributed by atoms with Crippen molar-refractivity contribution in [3.8, 4) is 0 Å². The Hall–Kier alpha value is -0.430. The maximum atomic E-state index is 10.5. The molecule has 0 bridgehead atoms. The van der Waals surface area contributed by atoms with Gasteiger partial charge in [-0.1, -0.05) is 11.6 Å². The van der Waals surface area contributed by atoms with E-state index in [1.54, 1.807) is 0 Å². The first kappa shape index (κ1) is 9.66. The molecule has 0 radical (unpaired) electrons. The molecule has 66 valence electrons. The molecule has 0 atom stereocenters. The lowest BCUT2D eigenvalue weighted by Crippen LogP contribution is -2.02. The fourth-order valence-electron chi connectivity index (χ4n) is 0.503. The maximum absolute atomic E-state index is 10.5. The van der Waals surface area contributed by atoms with E-state index in [9.17, 15) is 8.42 Å². The monoisotopic (exact) mass is 228 g/mol. The van der Waals surface area contributed by atoms with E-state index in [1.165, 1.54) is 0 Å². The summed E-state index contributed by atoms with van der Waals surface area (Å²) in [6.45, 7) is 0. The Bertz CT molecular complexity index is 385. The van der Waals surface area contributed by atoms with Crippen LogP contribution in [0.5, 0.6) is 0 Å². The molecule has 12 heavy (non-hydrogen) atoms. The zero-order chi connectivity index (χ0) is 9.35. The normalized spacial score (nSPS) is 11.6. The number of nitrogens with zero attached hydrogens (tertiary/aromatic N) is 2. The summed E-state index contributed by atoms with van der Waals surface area (Å²) < 4.78 is 29.5. The predicted octanol–water partition coefficient (Wildman–Crippen LogP) is 1.03. The Kier molecular flexibility index (Phi) is 2.52. The average molecular weight is 229 g/mol. The predicted molar refractivity (Wildman–Crippen MR) is 41.9 cm³/mol. The molecular formula is C4H2Cl2N2O3S. The Morgan fingerprint density at radius 3 is 2.33 bits per heavy atom. The SMILES string of the molecule is O=S(=O)(O)c1cc(Cl)nc(Cl)n1. The van der Waals surface area contributed by atoms with Gasteiger partial charge in [-0.25, -0.2) is 9.97 Å². The lowest BCUT2D eigenvalue weighted by atomic mass is 10.7. The summed E-state index contributed by atoms with van der Waals surface area (Å²) in [5.74, 6) is 0. The van der Waals surface area contributed by atoms with Gasteiger partial charge >= 0.3 is 10.1 Å². The number of hydrogen-bond donors (Lipinski definition) is 1. The molecule has 5 nitrogen and oxygen atoms in total. The molecule has 1 heterocycles. The summed E-state index contributed by atoms with van der Waals surface area (Å²) in [4.78, 5) is 6.63. The molecule has 1 aromatic heterocycles. The van der Waals surface area contributed by atoms with Crippen molar-refractivity contribution in [1.29, 1.82) is 0 Å². The summed E-state index contributed by atoms with van der Waals surface area (Å²) in [6, 6.07) is 0.892. The Labute approximate surface area is 78.1 Å². The maximum Gasteiger partial charge on any atom is 0.312 e. The highest BCUT2D eigenvalue weighted by Crippen LogP contribution is 2.13. The van der Waals surface area contributed by atoms with E-state index in [1.807, 2.05) is 0 Å². The van der Waals surface area contributed by atoms with E-state index in [0.717, 1.165) is 6.07 Å². The highest BCUT2D eigenvalue weighted by atomic mass is 35.5. The molecule has 0 aliphatic rings. The molecule has 0 aliphatic heterocycles. The first-order valence-electron chi connectivity index (χ1n) is 2.57. The van der Waals surface area contributed by atoms with Gasteiger partial charge in [0.15, 0.2) is 5.03 Å². The summed E-state index contributed by atoms with van der Waals surface area (Å²) in [7, 11) is -4.37. The van der Waals surface area contributed by atoms with Crippen molar-refractivity contribution >= 4 is 33.3 Å². The first-order chi connectivity index (χ1) is 5.39. The zero-order valence-corrected chi connectivity index (χ0v) is 7.73. The second-order valence-electron chi connectivity index (χ2n) is 1.77. The number of rotatable bonds is 1. The number of halogens is 2. The van der Waals surface area contributed by atoms with Gasteiger partial charge in [0, 0.05) is 6.07 Å². The number of aromatic nitrogens is 2. The Balaban J connectivity index is 3.37. The van der Waals surface area contributed by atoms with Crippen molar-refractivity contribution in [3.05, 3.63) is 16.5 Å². The van der Waals surface area contributed by atoms with Gasteiger partial charge in [0.2, 0.25) is 5.28 Å². The van der Waals surface area contributed by atoms with Crippen LogP contribution in [0.2, 0.25) is 10.4 Å². The fraction of sp³-hybridized carbons (Fsp3) is 0. The molecule has 0 unspecified atom stereocenters. The van der Waals surface area contributed by atoms with E-state index in [0.29, 0.717) is 0 Å². The molecule has 0 amide bonds. The van der Waals surface area contributed by atoms with Gasteiger partial charge in [-0.15, -0.1) is 0 Å². The summed E-state index contributed by atoms with van der Waals surface area (Å²) in [5, 5.41) is -1.11. The zero-order valence-electron chi connectivity index (χ0n) is 5.40. The minimum atomic E-state index is -4.37. The van der Waals surface area contributed by atoms with Crippen LogP contribution in [0.1, 0.15) is 0 Å². The molecule has 0 saturated heterocycles. The molecule has 1 aromatic rings. The molecule has 0 fully saturated rings. The van der Waals surface area contributed by atoms with E-state index in [2.05, 4.69) is 9.97 Å². The van der Waals surface area contributed by atoms with Gasteiger partial charge in [0.05, 0.1) is 0 Å². The summed E-state index contributed by atoms with van der Waals surface area (Å²) in [5.41, 5.74) is 0. The van der Waals surface area contributed by atoms with Crippen LogP contribution in [0.15, 0.2) is 11.1 Å². The average Bonchev–Trinajstić information content (AvgIpc) is 1.82.